The van der Waals surface area contributed by atoms with E-state index in [4.69, 9.17) is 25.2 Å². The summed E-state index contributed by atoms with van der Waals surface area (Å²) in [5.41, 5.74) is 0.560. The van der Waals surface area contributed by atoms with Crippen molar-refractivity contribution in [3.63, 3.8) is 0 Å². The number of ether oxygens (including phenoxy) is 2. The maximum atomic E-state index is 13.2. The Bertz CT molecular complexity index is 938. The van der Waals surface area contributed by atoms with E-state index in [1.807, 2.05) is 30.3 Å². The van der Waals surface area contributed by atoms with Gasteiger partial charge in [-0.05, 0) is 56.9 Å². The Hall–Kier alpha value is -2.04. The minimum Gasteiger partial charge on any atom is -0.459 e. The van der Waals surface area contributed by atoms with Crippen LogP contribution in [0.1, 0.15) is 61.4 Å². The van der Waals surface area contributed by atoms with Crippen LogP contribution in [0.25, 0.3) is 0 Å². The van der Waals surface area contributed by atoms with Gasteiger partial charge in [0, 0.05) is 13.6 Å². The van der Waals surface area contributed by atoms with Gasteiger partial charge >= 0.3 is 5.97 Å². The molecule has 1 aliphatic carbocycles. The third kappa shape index (κ3) is 4.93. The molecule has 1 aliphatic rings. The number of esters is 1. The van der Waals surface area contributed by atoms with Crippen LogP contribution in [0.3, 0.4) is 0 Å². The number of anilines is 1. The van der Waals surface area contributed by atoms with Crippen LogP contribution >= 0.6 is 11.6 Å². The molecule has 156 valence electrons. The molecule has 1 N–H and O–H groups in total. The number of carbonyl (C=O) groups excluding carboxylic acids is 1. The van der Waals surface area contributed by atoms with E-state index in [-0.39, 0.29) is 0 Å². The van der Waals surface area contributed by atoms with Gasteiger partial charge in [-0.3, -0.25) is 4.79 Å². The van der Waals surface area contributed by atoms with Crippen molar-refractivity contribution in [1.29, 1.82) is 0 Å². The van der Waals surface area contributed by atoms with Crippen LogP contribution in [0.15, 0.2) is 48.5 Å². The van der Waals surface area contributed by atoms with Crippen LogP contribution < -0.4 is 5.32 Å². The van der Waals surface area contributed by atoms with Crippen molar-refractivity contribution in [1.82, 2.24) is 0 Å². The van der Waals surface area contributed by atoms with Crippen molar-refractivity contribution < 1.29 is 18.4 Å². The molecule has 0 bridgehead atoms. The SMILES string of the molecule is [2H]C([2H])([2H])OC(c1ccc(Cl)c(NCc2ccccc2)c1)C1(C(=O)OC(C)(C)C)CCC1. The summed E-state index contributed by atoms with van der Waals surface area (Å²) in [5.74, 6) is -0.431. The van der Waals surface area contributed by atoms with Crippen molar-refractivity contribution in [3.05, 3.63) is 64.7 Å². The molecule has 0 spiro atoms. The minimum absolute atomic E-state index is 0.431. The topological polar surface area (TPSA) is 47.6 Å². The third-order valence-electron chi connectivity index (χ3n) is 5.29. The summed E-state index contributed by atoms with van der Waals surface area (Å²) in [6, 6.07) is 15.0. The molecule has 2 aromatic carbocycles. The molecular formula is C24H30ClNO3. The average molecular weight is 419 g/mol. The molecule has 4 nitrogen and oxygen atoms in total. The first-order valence-corrected chi connectivity index (χ1v) is 10.3. The molecule has 0 aliphatic heterocycles. The summed E-state index contributed by atoms with van der Waals surface area (Å²) in [6.07, 6.45) is 0.816. The van der Waals surface area contributed by atoms with E-state index >= 15 is 0 Å². The van der Waals surface area contributed by atoms with Crippen LogP contribution in [0, 0.1) is 5.41 Å². The molecule has 0 heterocycles. The number of rotatable bonds is 7. The molecular weight excluding hydrogens is 386 g/mol. The van der Waals surface area contributed by atoms with Crippen molar-refractivity contribution in [2.45, 2.75) is 58.3 Å². The van der Waals surface area contributed by atoms with Crippen LogP contribution in [0.2, 0.25) is 5.02 Å². The predicted octanol–water partition coefficient (Wildman–Crippen LogP) is 6.15. The first-order valence-electron chi connectivity index (χ1n) is 11.4. The van der Waals surface area contributed by atoms with Gasteiger partial charge in [0.1, 0.15) is 5.60 Å². The lowest BCUT2D eigenvalue weighted by Crippen LogP contribution is -2.47. The fourth-order valence-electron chi connectivity index (χ4n) is 3.65. The molecule has 1 saturated carbocycles. The number of carbonyl (C=O) groups is 1. The van der Waals surface area contributed by atoms with Crippen LogP contribution in [0.4, 0.5) is 5.69 Å². The molecule has 2 aromatic rings. The van der Waals surface area contributed by atoms with Gasteiger partial charge in [-0.1, -0.05) is 54.4 Å². The minimum atomic E-state index is -2.67. The van der Waals surface area contributed by atoms with E-state index in [1.165, 1.54) is 0 Å². The fraction of sp³-hybridized carbons (Fsp3) is 0.458. The second-order valence-electron chi connectivity index (χ2n) is 8.59. The van der Waals surface area contributed by atoms with Gasteiger partial charge in [0.15, 0.2) is 0 Å². The van der Waals surface area contributed by atoms with Crippen molar-refractivity contribution in [2.24, 2.45) is 5.41 Å². The Morgan fingerprint density at radius 3 is 2.55 bits per heavy atom. The van der Waals surface area contributed by atoms with Gasteiger partial charge < -0.3 is 14.8 Å². The quantitative estimate of drug-likeness (QED) is 0.547. The molecule has 0 radical (unpaired) electrons. The first kappa shape index (κ1) is 17.8. The Labute approximate surface area is 182 Å². The third-order valence-corrected chi connectivity index (χ3v) is 5.62. The molecule has 0 saturated heterocycles. The maximum absolute atomic E-state index is 13.2. The van der Waals surface area contributed by atoms with Gasteiger partial charge in [0.05, 0.1) is 26.3 Å². The van der Waals surface area contributed by atoms with Crippen LogP contribution in [-0.4, -0.2) is 18.6 Å². The first-order chi connectivity index (χ1) is 14.9. The summed E-state index contributed by atoms with van der Waals surface area (Å²) >= 11 is 6.41. The van der Waals surface area contributed by atoms with Crippen LogP contribution in [-0.2, 0) is 20.8 Å². The highest BCUT2D eigenvalue weighted by Crippen LogP contribution is 2.53. The summed E-state index contributed by atoms with van der Waals surface area (Å²) in [4.78, 5) is 13.2. The molecule has 1 fully saturated rings. The zero-order chi connectivity index (χ0) is 23.6. The highest BCUT2D eigenvalue weighted by Gasteiger charge is 2.53. The van der Waals surface area contributed by atoms with Crippen LogP contribution in [0.5, 0.6) is 0 Å². The molecule has 3 rings (SSSR count). The Morgan fingerprint density at radius 1 is 1.24 bits per heavy atom. The average Bonchev–Trinajstić information content (AvgIpc) is 2.64. The van der Waals surface area contributed by atoms with Crippen molar-refractivity contribution >= 4 is 23.3 Å². The lowest BCUT2D eigenvalue weighted by Gasteiger charge is -2.45. The lowest BCUT2D eigenvalue weighted by atomic mass is 9.63. The summed E-state index contributed by atoms with van der Waals surface area (Å²) in [5, 5.41) is 3.80. The Morgan fingerprint density at radius 2 is 1.97 bits per heavy atom. The highest BCUT2D eigenvalue weighted by atomic mass is 35.5. The summed E-state index contributed by atoms with van der Waals surface area (Å²) < 4.78 is 34.4. The van der Waals surface area contributed by atoms with E-state index in [9.17, 15) is 4.79 Å². The number of halogens is 1. The van der Waals surface area contributed by atoms with E-state index in [0.717, 1.165) is 12.0 Å². The lowest BCUT2D eigenvalue weighted by molar-refractivity contribution is -0.187. The molecule has 1 atom stereocenters. The molecule has 29 heavy (non-hydrogen) atoms. The zero-order valence-corrected chi connectivity index (χ0v) is 17.9. The number of hydrogen-bond donors (Lipinski definition) is 1. The summed E-state index contributed by atoms with van der Waals surface area (Å²) in [6.45, 7) is 5.94. The Balaban J connectivity index is 1.94. The van der Waals surface area contributed by atoms with Crippen molar-refractivity contribution in [3.8, 4) is 0 Å². The molecule has 5 heteroatoms. The second kappa shape index (κ2) is 8.76. The predicted molar refractivity (Wildman–Crippen MR) is 117 cm³/mol. The zero-order valence-electron chi connectivity index (χ0n) is 20.1. The standard InChI is InChI=1S/C24H30ClNO3/c1-23(2,3)29-22(27)24(13-8-14-24)21(28-4)18-11-12-19(25)20(15-18)26-16-17-9-6-5-7-10-17/h5-7,9-12,15,21,26H,8,13-14,16H2,1-4H3/i4D3. The molecule has 0 aromatic heterocycles. The molecule has 1 unspecified atom stereocenters. The van der Waals surface area contributed by atoms with E-state index in [1.54, 1.807) is 39.0 Å². The number of nitrogens with one attached hydrogen (secondary N) is 1. The normalized spacial score (nSPS) is 18.6. The van der Waals surface area contributed by atoms with E-state index in [2.05, 4.69) is 5.32 Å². The number of methoxy groups -OCH3 is 1. The number of benzene rings is 2. The van der Waals surface area contributed by atoms with Crippen molar-refractivity contribution in [2.75, 3.05) is 12.4 Å². The fourth-order valence-corrected chi connectivity index (χ4v) is 3.83. The van der Waals surface area contributed by atoms with E-state index < -0.39 is 30.1 Å². The molecule has 0 amide bonds. The van der Waals surface area contributed by atoms with Gasteiger partial charge in [-0.2, -0.15) is 0 Å². The maximum Gasteiger partial charge on any atom is 0.315 e. The van der Waals surface area contributed by atoms with Gasteiger partial charge in [-0.25, -0.2) is 0 Å². The van der Waals surface area contributed by atoms with E-state index in [0.29, 0.717) is 35.7 Å². The highest BCUT2D eigenvalue weighted by molar-refractivity contribution is 6.33. The number of hydrogen-bond acceptors (Lipinski definition) is 4. The van der Waals surface area contributed by atoms with Gasteiger partial charge in [-0.15, -0.1) is 0 Å². The monoisotopic (exact) mass is 418 g/mol. The Kier molecular flexibility index (Phi) is 5.38. The van der Waals surface area contributed by atoms with Gasteiger partial charge in [0.25, 0.3) is 0 Å². The smallest absolute Gasteiger partial charge is 0.315 e. The summed E-state index contributed by atoms with van der Waals surface area (Å²) in [7, 11) is -2.67. The van der Waals surface area contributed by atoms with Gasteiger partial charge in [0.2, 0.25) is 0 Å². The second-order valence-corrected chi connectivity index (χ2v) is 9.00. The largest absolute Gasteiger partial charge is 0.459 e.